The fourth-order valence-corrected chi connectivity index (χ4v) is 2.26. The second kappa shape index (κ2) is 6.27. The van der Waals surface area contributed by atoms with E-state index < -0.39 is 4.92 Å². The topological polar surface area (TPSA) is 69.4 Å². The Balaban J connectivity index is 1.68. The highest BCUT2D eigenvalue weighted by Crippen LogP contribution is 2.21. The summed E-state index contributed by atoms with van der Waals surface area (Å²) >= 11 is 0. The second-order valence-corrected chi connectivity index (χ2v) is 5.02. The molecule has 23 heavy (non-hydrogen) atoms. The quantitative estimate of drug-likeness (QED) is 0.406. The van der Waals surface area contributed by atoms with Crippen LogP contribution in [-0.2, 0) is 0 Å². The molecule has 0 heterocycles. The zero-order valence-electron chi connectivity index (χ0n) is 12.1. The minimum Gasteiger partial charge on any atom is -0.485 e. The maximum absolute atomic E-state index is 12.1. The number of carbonyl (C=O) groups is 1. The van der Waals surface area contributed by atoms with Gasteiger partial charge in [0.15, 0.2) is 12.4 Å². The minimum atomic E-state index is -0.500. The van der Waals surface area contributed by atoms with Crippen molar-refractivity contribution in [1.82, 2.24) is 0 Å². The highest BCUT2D eigenvalue weighted by Gasteiger charge is 2.10. The molecule has 0 aliphatic heterocycles. The summed E-state index contributed by atoms with van der Waals surface area (Å²) in [7, 11) is 0. The molecule has 5 nitrogen and oxygen atoms in total. The van der Waals surface area contributed by atoms with Crippen LogP contribution in [0.25, 0.3) is 10.8 Å². The van der Waals surface area contributed by atoms with E-state index in [9.17, 15) is 14.9 Å². The zero-order valence-corrected chi connectivity index (χ0v) is 12.1. The van der Waals surface area contributed by atoms with E-state index in [2.05, 4.69) is 0 Å². The SMILES string of the molecule is O=C(COc1ccc2ccccc2c1)c1ccc([N+](=O)[O-])cc1. The number of nitrogens with zero attached hydrogens (tertiary/aromatic N) is 1. The van der Waals surface area contributed by atoms with Gasteiger partial charge in [-0.15, -0.1) is 0 Å². The molecule has 0 spiro atoms. The average molecular weight is 307 g/mol. The first-order chi connectivity index (χ1) is 11.1. The van der Waals surface area contributed by atoms with Gasteiger partial charge in [0.2, 0.25) is 0 Å². The first-order valence-corrected chi connectivity index (χ1v) is 7.03. The molecule has 0 saturated heterocycles. The molecule has 5 heteroatoms. The van der Waals surface area contributed by atoms with Crippen molar-refractivity contribution in [2.75, 3.05) is 6.61 Å². The molecule has 3 aromatic carbocycles. The molecule has 3 aromatic rings. The molecular formula is C18H13NO4. The molecule has 0 aliphatic rings. The van der Waals surface area contributed by atoms with Crippen LogP contribution in [0, 0.1) is 10.1 Å². The van der Waals surface area contributed by atoms with Crippen molar-refractivity contribution in [1.29, 1.82) is 0 Å². The Morgan fingerprint density at radius 1 is 0.957 bits per heavy atom. The summed E-state index contributed by atoms with van der Waals surface area (Å²) in [6.45, 7) is -0.115. The van der Waals surface area contributed by atoms with Crippen molar-refractivity contribution in [2.24, 2.45) is 0 Å². The van der Waals surface area contributed by atoms with E-state index in [1.54, 1.807) is 0 Å². The Labute approximate surface area is 132 Å². The van der Waals surface area contributed by atoms with E-state index in [1.165, 1.54) is 24.3 Å². The third-order valence-corrected chi connectivity index (χ3v) is 3.49. The fourth-order valence-electron chi connectivity index (χ4n) is 2.26. The molecule has 0 aromatic heterocycles. The van der Waals surface area contributed by atoms with Gasteiger partial charge < -0.3 is 4.74 Å². The van der Waals surface area contributed by atoms with Crippen LogP contribution in [-0.4, -0.2) is 17.3 Å². The third kappa shape index (κ3) is 3.35. The molecule has 0 unspecified atom stereocenters. The first-order valence-electron chi connectivity index (χ1n) is 7.03. The fraction of sp³-hybridized carbons (Fsp3) is 0.0556. The lowest BCUT2D eigenvalue weighted by molar-refractivity contribution is -0.384. The van der Waals surface area contributed by atoms with Crippen molar-refractivity contribution in [3.63, 3.8) is 0 Å². The maximum atomic E-state index is 12.1. The van der Waals surface area contributed by atoms with Gasteiger partial charge >= 0.3 is 0 Å². The van der Waals surface area contributed by atoms with Gasteiger partial charge in [0.05, 0.1) is 4.92 Å². The Kier molecular flexibility index (Phi) is 4.01. The van der Waals surface area contributed by atoms with Crippen molar-refractivity contribution in [2.45, 2.75) is 0 Å². The number of rotatable bonds is 5. The van der Waals surface area contributed by atoms with Gasteiger partial charge in [0.25, 0.3) is 5.69 Å². The Bertz CT molecular complexity index is 872. The Hall–Kier alpha value is -3.21. The van der Waals surface area contributed by atoms with Gasteiger partial charge in [-0.1, -0.05) is 30.3 Å². The first kappa shape index (κ1) is 14.7. The van der Waals surface area contributed by atoms with Gasteiger partial charge in [-0.05, 0) is 35.0 Å². The number of Topliss-reactive ketones (excluding diaryl/α,β-unsaturated/α-hetero) is 1. The lowest BCUT2D eigenvalue weighted by atomic mass is 10.1. The van der Waals surface area contributed by atoms with Crippen molar-refractivity contribution < 1.29 is 14.5 Å². The molecule has 0 bridgehead atoms. The number of non-ortho nitro benzene ring substituents is 1. The summed E-state index contributed by atoms with van der Waals surface area (Å²) in [6.07, 6.45) is 0. The standard InChI is InChI=1S/C18H13NO4/c20-18(14-5-8-16(9-6-14)19(21)22)12-23-17-10-7-13-3-1-2-4-15(13)11-17/h1-11H,12H2. The Morgan fingerprint density at radius 3 is 2.35 bits per heavy atom. The van der Waals surface area contributed by atoms with Crippen LogP contribution in [0.2, 0.25) is 0 Å². The van der Waals surface area contributed by atoms with Crippen LogP contribution < -0.4 is 4.74 Å². The minimum absolute atomic E-state index is 0.0444. The molecule has 0 N–H and O–H groups in total. The lowest BCUT2D eigenvalue weighted by Crippen LogP contribution is -2.11. The maximum Gasteiger partial charge on any atom is 0.269 e. The number of ketones is 1. The summed E-state index contributed by atoms with van der Waals surface area (Å²) < 4.78 is 5.52. The van der Waals surface area contributed by atoms with Crippen molar-refractivity contribution >= 4 is 22.2 Å². The zero-order chi connectivity index (χ0) is 16.2. The number of carbonyl (C=O) groups excluding carboxylic acids is 1. The number of hydrogen-bond acceptors (Lipinski definition) is 4. The van der Waals surface area contributed by atoms with Crippen molar-refractivity contribution in [3.05, 3.63) is 82.4 Å². The van der Waals surface area contributed by atoms with Crippen LogP contribution in [0.1, 0.15) is 10.4 Å². The molecule has 0 atom stereocenters. The predicted octanol–water partition coefficient (Wildman–Crippen LogP) is 4.01. The highest BCUT2D eigenvalue weighted by molar-refractivity contribution is 5.97. The van der Waals surface area contributed by atoms with Crippen LogP contribution in [0.4, 0.5) is 5.69 Å². The normalized spacial score (nSPS) is 10.4. The smallest absolute Gasteiger partial charge is 0.269 e. The average Bonchev–Trinajstić information content (AvgIpc) is 2.59. The van der Waals surface area contributed by atoms with Crippen LogP contribution in [0.3, 0.4) is 0 Å². The molecule has 114 valence electrons. The molecule has 0 radical (unpaired) electrons. The van der Waals surface area contributed by atoms with E-state index >= 15 is 0 Å². The van der Waals surface area contributed by atoms with E-state index in [1.807, 2.05) is 42.5 Å². The summed E-state index contributed by atoms with van der Waals surface area (Å²) in [6, 6.07) is 19.0. The summed E-state index contributed by atoms with van der Waals surface area (Å²) in [5.74, 6) is 0.381. The van der Waals surface area contributed by atoms with Crippen LogP contribution >= 0.6 is 0 Å². The molecule has 0 fully saturated rings. The summed E-state index contributed by atoms with van der Waals surface area (Å²) in [5.41, 5.74) is 0.341. The van der Waals surface area contributed by atoms with Gasteiger partial charge in [0, 0.05) is 17.7 Å². The van der Waals surface area contributed by atoms with E-state index in [4.69, 9.17) is 4.74 Å². The number of ether oxygens (including phenoxy) is 1. The number of hydrogen-bond donors (Lipinski definition) is 0. The molecule has 0 saturated carbocycles. The highest BCUT2D eigenvalue weighted by atomic mass is 16.6. The molecule has 0 aliphatic carbocycles. The third-order valence-electron chi connectivity index (χ3n) is 3.49. The Morgan fingerprint density at radius 2 is 1.65 bits per heavy atom. The van der Waals surface area contributed by atoms with Crippen LogP contribution in [0.5, 0.6) is 5.75 Å². The van der Waals surface area contributed by atoms with Gasteiger partial charge in [-0.3, -0.25) is 14.9 Å². The van der Waals surface area contributed by atoms with Crippen molar-refractivity contribution in [3.8, 4) is 5.75 Å². The second-order valence-electron chi connectivity index (χ2n) is 5.02. The van der Waals surface area contributed by atoms with E-state index in [0.717, 1.165) is 10.8 Å². The number of nitro benzene ring substituents is 1. The number of nitro groups is 1. The van der Waals surface area contributed by atoms with Gasteiger partial charge in [-0.2, -0.15) is 0 Å². The number of benzene rings is 3. The molecule has 0 amide bonds. The van der Waals surface area contributed by atoms with E-state index in [-0.39, 0.29) is 18.1 Å². The van der Waals surface area contributed by atoms with Crippen LogP contribution in [0.15, 0.2) is 66.7 Å². The lowest BCUT2D eigenvalue weighted by Gasteiger charge is -2.07. The monoisotopic (exact) mass is 307 g/mol. The molecule has 3 rings (SSSR count). The van der Waals surface area contributed by atoms with E-state index in [0.29, 0.717) is 11.3 Å². The van der Waals surface area contributed by atoms with Gasteiger partial charge in [-0.25, -0.2) is 0 Å². The largest absolute Gasteiger partial charge is 0.485 e. The number of fused-ring (bicyclic) bond motifs is 1. The summed E-state index contributed by atoms with van der Waals surface area (Å²) in [5, 5.41) is 12.7. The predicted molar refractivity (Wildman–Crippen MR) is 86.9 cm³/mol. The summed E-state index contributed by atoms with van der Waals surface area (Å²) in [4.78, 5) is 22.2. The molecular weight excluding hydrogens is 294 g/mol. The van der Waals surface area contributed by atoms with Gasteiger partial charge in [0.1, 0.15) is 5.75 Å².